The van der Waals surface area contributed by atoms with Crippen LogP contribution in [0.2, 0.25) is 0 Å². The molecule has 2 aromatic carbocycles. The average Bonchev–Trinajstić information content (AvgIpc) is 3.18. The van der Waals surface area contributed by atoms with E-state index in [9.17, 15) is 13.2 Å². The lowest BCUT2D eigenvalue weighted by Crippen LogP contribution is -2.32. The summed E-state index contributed by atoms with van der Waals surface area (Å²) in [7, 11) is -3.66. The number of sulfonamides is 1. The van der Waals surface area contributed by atoms with Crippen molar-refractivity contribution in [2.45, 2.75) is 51.0 Å². The summed E-state index contributed by atoms with van der Waals surface area (Å²) in [4.78, 5) is 15.6. The van der Waals surface area contributed by atoms with Gasteiger partial charge >= 0.3 is 0 Å². The molecule has 8 heteroatoms. The molecule has 0 aliphatic carbocycles. The van der Waals surface area contributed by atoms with Gasteiger partial charge in [-0.05, 0) is 55.2 Å². The van der Waals surface area contributed by atoms with Crippen LogP contribution in [0.5, 0.6) is 11.5 Å². The molecule has 1 atom stereocenters. The fourth-order valence-electron chi connectivity index (χ4n) is 4.62. The van der Waals surface area contributed by atoms with Crippen molar-refractivity contribution in [3.8, 4) is 11.5 Å². The van der Waals surface area contributed by atoms with Crippen molar-refractivity contribution in [3.05, 3.63) is 53.1 Å². The Morgan fingerprint density at radius 2 is 1.76 bits per heavy atom. The number of carbonyl (C=O) groups excluding carboxylic acids is 1. The fraction of sp³-hybridized carbons (Fsp3) is 0.480. The first kappa shape index (κ1) is 23.6. The minimum atomic E-state index is -3.66. The maximum absolute atomic E-state index is 13.5. The smallest absolute Gasteiger partial charge is 0.254 e. The Labute approximate surface area is 196 Å². The van der Waals surface area contributed by atoms with Crippen LogP contribution in [0.15, 0.2) is 41.3 Å². The SMILES string of the molecule is CCN(CC)S(=O)(=O)c1cc(C(=O)N2CCCC2c2ccc3c(c2)OCCCO3)ccc1C. The molecule has 7 nitrogen and oxygen atoms in total. The summed E-state index contributed by atoms with van der Waals surface area (Å²) in [5.74, 6) is 1.30. The molecule has 1 unspecified atom stereocenters. The third-order valence-corrected chi connectivity index (χ3v) is 8.62. The second-order valence-corrected chi connectivity index (χ2v) is 10.4. The lowest BCUT2D eigenvalue weighted by atomic mass is 10.0. The highest BCUT2D eigenvalue weighted by Crippen LogP contribution is 2.38. The molecule has 1 fully saturated rings. The van der Waals surface area contributed by atoms with Gasteiger partial charge in [0.05, 0.1) is 24.2 Å². The van der Waals surface area contributed by atoms with Crippen LogP contribution in [0.1, 0.15) is 60.6 Å². The Morgan fingerprint density at radius 3 is 2.48 bits per heavy atom. The number of rotatable bonds is 6. The Balaban J connectivity index is 1.64. The fourth-order valence-corrected chi connectivity index (χ4v) is 6.33. The number of hydrogen-bond donors (Lipinski definition) is 0. The predicted octanol–water partition coefficient (Wildman–Crippen LogP) is 4.16. The molecule has 1 saturated heterocycles. The van der Waals surface area contributed by atoms with Crippen LogP contribution in [-0.4, -0.2) is 56.4 Å². The first-order chi connectivity index (χ1) is 15.9. The average molecular weight is 473 g/mol. The largest absolute Gasteiger partial charge is 0.490 e. The van der Waals surface area contributed by atoms with Crippen molar-refractivity contribution in [3.63, 3.8) is 0 Å². The van der Waals surface area contributed by atoms with Crippen molar-refractivity contribution in [1.82, 2.24) is 9.21 Å². The number of hydrogen-bond acceptors (Lipinski definition) is 5. The van der Waals surface area contributed by atoms with Crippen molar-refractivity contribution in [2.75, 3.05) is 32.8 Å². The first-order valence-corrected chi connectivity index (χ1v) is 13.1. The first-order valence-electron chi connectivity index (χ1n) is 11.7. The van der Waals surface area contributed by atoms with E-state index in [2.05, 4.69) is 0 Å². The Kier molecular flexibility index (Phi) is 6.95. The minimum absolute atomic E-state index is 0.0844. The number of amides is 1. The van der Waals surface area contributed by atoms with Crippen LogP contribution in [0.4, 0.5) is 0 Å². The Morgan fingerprint density at radius 1 is 1.03 bits per heavy atom. The summed E-state index contributed by atoms with van der Waals surface area (Å²) in [6, 6.07) is 10.8. The number of nitrogens with zero attached hydrogens (tertiary/aromatic N) is 2. The second kappa shape index (κ2) is 9.73. The van der Waals surface area contributed by atoms with Crippen molar-refractivity contribution >= 4 is 15.9 Å². The normalized spacial score (nSPS) is 18.4. The summed E-state index contributed by atoms with van der Waals surface area (Å²) in [5, 5.41) is 0. The van der Waals surface area contributed by atoms with E-state index in [1.54, 1.807) is 19.1 Å². The second-order valence-electron chi connectivity index (χ2n) is 8.48. The summed E-state index contributed by atoms with van der Waals surface area (Å²) in [5.41, 5.74) is 2.04. The van der Waals surface area contributed by atoms with E-state index in [4.69, 9.17) is 9.47 Å². The standard InChI is InChI=1S/C25H32N2O5S/c1-4-26(5-2)33(29,30)24-17-20(10-9-18(24)3)25(28)27-13-6-8-21(27)19-11-12-22-23(16-19)32-15-7-14-31-22/h9-12,16-17,21H,4-8,13-15H2,1-3H3. The summed E-state index contributed by atoms with van der Waals surface area (Å²) >= 11 is 0. The molecule has 2 aliphatic heterocycles. The van der Waals surface area contributed by atoms with Crippen molar-refractivity contribution in [1.29, 1.82) is 0 Å². The Hall–Kier alpha value is -2.58. The molecule has 0 spiro atoms. The molecule has 2 aromatic rings. The topological polar surface area (TPSA) is 76.2 Å². The Bertz CT molecular complexity index is 1130. The van der Waals surface area contributed by atoms with Gasteiger partial charge in [0.1, 0.15) is 0 Å². The zero-order valence-electron chi connectivity index (χ0n) is 19.5. The van der Waals surface area contributed by atoms with E-state index >= 15 is 0 Å². The highest BCUT2D eigenvalue weighted by molar-refractivity contribution is 7.89. The predicted molar refractivity (Wildman–Crippen MR) is 126 cm³/mol. The van der Waals surface area contributed by atoms with Crippen molar-refractivity contribution in [2.24, 2.45) is 0 Å². The van der Waals surface area contributed by atoms with Gasteiger partial charge in [-0.15, -0.1) is 0 Å². The van der Waals surface area contributed by atoms with Crippen molar-refractivity contribution < 1.29 is 22.7 Å². The number of ether oxygens (including phenoxy) is 2. The molecule has 2 aliphatic rings. The van der Waals surface area contributed by atoms with Crippen LogP contribution in [0.3, 0.4) is 0 Å². The number of benzene rings is 2. The number of fused-ring (bicyclic) bond motifs is 1. The summed E-state index contributed by atoms with van der Waals surface area (Å²) in [6.07, 6.45) is 2.58. The van der Waals surface area contributed by atoms with Gasteiger partial charge in [0.2, 0.25) is 10.0 Å². The van der Waals surface area contributed by atoms with E-state index in [1.165, 1.54) is 10.4 Å². The van der Waals surface area contributed by atoms with Gasteiger partial charge in [-0.3, -0.25) is 4.79 Å². The van der Waals surface area contributed by atoms with Gasteiger partial charge in [-0.2, -0.15) is 4.31 Å². The van der Waals surface area contributed by atoms with Crippen LogP contribution in [-0.2, 0) is 10.0 Å². The molecular weight excluding hydrogens is 440 g/mol. The van der Waals surface area contributed by atoms with E-state index in [0.29, 0.717) is 49.7 Å². The molecule has 2 heterocycles. The zero-order valence-corrected chi connectivity index (χ0v) is 20.4. The third-order valence-electron chi connectivity index (χ3n) is 6.43. The minimum Gasteiger partial charge on any atom is -0.490 e. The van der Waals surface area contributed by atoms with Crippen LogP contribution >= 0.6 is 0 Å². The summed E-state index contributed by atoms with van der Waals surface area (Å²) < 4.78 is 39.3. The highest BCUT2D eigenvalue weighted by atomic mass is 32.2. The van der Waals surface area contributed by atoms with E-state index in [1.807, 2.05) is 36.9 Å². The van der Waals surface area contributed by atoms with Gasteiger partial charge in [0.15, 0.2) is 11.5 Å². The number of likely N-dealkylation sites (tertiary alicyclic amines) is 1. The highest BCUT2D eigenvalue weighted by Gasteiger charge is 2.32. The molecule has 0 saturated carbocycles. The summed E-state index contributed by atoms with van der Waals surface area (Å²) in [6.45, 7) is 8.03. The van der Waals surface area contributed by atoms with E-state index in [0.717, 1.165) is 30.6 Å². The number of carbonyl (C=O) groups is 1. The molecule has 0 bridgehead atoms. The molecule has 0 aromatic heterocycles. The van der Waals surface area contributed by atoms with Crippen LogP contribution < -0.4 is 9.47 Å². The molecule has 0 radical (unpaired) electrons. The van der Waals surface area contributed by atoms with Gasteiger partial charge in [0.25, 0.3) is 5.91 Å². The van der Waals surface area contributed by atoms with Gasteiger partial charge in [0, 0.05) is 31.6 Å². The van der Waals surface area contributed by atoms with E-state index in [-0.39, 0.29) is 16.8 Å². The maximum Gasteiger partial charge on any atom is 0.254 e. The third kappa shape index (κ3) is 4.59. The molecule has 1 amide bonds. The van der Waals surface area contributed by atoms with E-state index < -0.39 is 10.0 Å². The van der Waals surface area contributed by atoms with Crippen LogP contribution in [0, 0.1) is 6.92 Å². The molecule has 178 valence electrons. The zero-order chi connectivity index (χ0) is 23.6. The van der Waals surface area contributed by atoms with Gasteiger partial charge in [-0.25, -0.2) is 8.42 Å². The van der Waals surface area contributed by atoms with Crippen LogP contribution in [0.25, 0.3) is 0 Å². The molecular formula is C25H32N2O5S. The molecule has 33 heavy (non-hydrogen) atoms. The number of aryl methyl sites for hydroxylation is 1. The lowest BCUT2D eigenvalue weighted by Gasteiger charge is -2.26. The quantitative estimate of drug-likeness (QED) is 0.631. The van der Waals surface area contributed by atoms with Gasteiger partial charge in [-0.1, -0.05) is 26.0 Å². The molecule has 4 rings (SSSR count). The molecule has 0 N–H and O–H groups in total. The monoisotopic (exact) mass is 472 g/mol. The maximum atomic E-state index is 13.5. The van der Waals surface area contributed by atoms with Gasteiger partial charge < -0.3 is 14.4 Å². The lowest BCUT2D eigenvalue weighted by molar-refractivity contribution is 0.0735.